The van der Waals surface area contributed by atoms with Crippen LogP contribution in [0.1, 0.15) is 24.2 Å². The Morgan fingerprint density at radius 2 is 2.21 bits per heavy atom. The lowest BCUT2D eigenvalue weighted by Crippen LogP contribution is -2.16. The summed E-state index contributed by atoms with van der Waals surface area (Å²) in [6.45, 7) is 1.30. The van der Waals surface area contributed by atoms with E-state index in [0.29, 0.717) is 12.6 Å². The zero-order valence-corrected chi connectivity index (χ0v) is 11.0. The molecule has 5 nitrogen and oxygen atoms in total. The van der Waals surface area contributed by atoms with Crippen LogP contribution in [0, 0.1) is 0 Å². The minimum atomic E-state index is 0.441. The summed E-state index contributed by atoms with van der Waals surface area (Å²) in [4.78, 5) is 0. The third-order valence-corrected chi connectivity index (χ3v) is 3.29. The normalized spacial score (nSPS) is 14.6. The second kappa shape index (κ2) is 5.40. The monoisotopic (exact) mass is 258 g/mol. The Hall–Kier alpha value is -1.88. The average Bonchev–Trinajstić information content (AvgIpc) is 3.17. The summed E-state index contributed by atoms with van der Waals surface area (Å²) >= 11 is 0. The van der Waals surface area contributed by atoms with E-state index in [-0.39, 0.29) is 0 Å². The van der Waals surface area contributed by atoms with Crippen molar-refractivity contribution >= 4 is 0 Å². The number of ether oxygens (including phenoxy) is 1. The number of nitrogens with one attached hydrogen (secondary N) is 1. The highest BCUT2D eigenvalue weighted by Crippen LogP contribution is 2.23. The van der Waals surface area contributed by atoms with Gasteiger partial charge >= 0.3 is 0 Å². The van der Waals surface area contributed by atoms with E-state index in [4.69, 9.17) is 4.74 Å². The van der Waals surface area contributed by atoms with Gasteiger partial charge in [-0.05, 0) is 18.9 Å². The number of benzene rings is 1. The van der Waals surface area contributed by atoms with E-state index in [1.165, 1.54) is 18.4 Å². The minimum absolute atomic E-state index is 0.441. The summed E-state index contributed by atoms with van der Waals surface area (Å²) in [6, 6.07) is 8.83. The number of aromatic nitrogens is 3. The molecule has 2 aromatic rings. The van der Waals surface area contributed by atoms with Crippen LogP contribution < -0.4 is 10.1 Å². The lowest BCUT2D eigenvalue weighted by atomic mass is 10.2. The smallest absolute Gasteiger partial charge is 0.170 e. The topological polar surface area (TPSA) is 52.0 Å². The van der Waals surface area contributed by atoms with Crippen molar-refractivity contribution in [1.29, 1.82) is 0 Å². The van der Waals surface area contributed by atoms with Crippen molar-refractivity contribution in [1.82, 2.24) is 20.1 Å². The highest BCUT2D eigenvalue weighted by atomic mass is 16.5. The number of rotatable bonds is 6. The van der Waals surface area contributed by atoms with Crippen molar-refractivity contribution in [3.05, 3.63) is 42.0 Å². The van der Waals surface area contributed by atoms with Crippen molar-refractivity contribution in [3.8, 4) is 5.75 Å². The van der Waals surface area contributed by atoms with Crippen molar-refractivity contribution in [2.75, 3.05) is 0 Å². The maximum Gasteiger partial charge on any atom is 0.170 e. The molecule has 1 aliphatic rings. The van der Waals surface area contributed by atoms with Crippen molar-refractivity contribution in [2.45, 2.75) is 32.0 Å². The van der Waals surface area contributed by atoms with Crippen molar-refractivity contribution in [2.24, 2.45) is 7.05 Å². The van der Waals surface area contributed by atoms with Gasteiger partial charge < -0.3 is 14.6 Å². The van der Waals surface area contributed by atoms with Gasteiger partial charge in [0.1, 0.15) is 18.7 Å². The van der Waals surface area contributed by atoms with Crippen LogP contribution in [0.2, 0.25) is 0 Å². The second-order valence-electron chi connectivity index (χ2n) is 4.91. The van der Waals surface area contributed by atoms with E-state index in [2.05, 4.69) is 21.6 Å². The summed E-state index contributed by atoms with van der Waals surface area (Å²) < 4.78 is 7.72. The van der Waals surface area contributed by atoms with Gasteiger partial charge in [0.05, 0.1) is 0 Å². The fourth-order valence-corrected chi connectivity index (χ4v) is 1.91. The number of hydrogen-bond acceptors (Lipinski definition) is 4. The number of nitrogens with zero attached hydrogens (tertiary/aromatic N) is 3. The van der Waals surface area contributed by atoms with Crippen LogP contribution in [0.15, 0.2) is 30.6 Å². The van der Waals surface area contributed by atoms with Crippen LogP contribution in [0.3, 0.4) is 0 Å². The first-order valence-corrected chi connectivity index (χ1v) is 6.60. The molecule has 1 aliphatic carbocycles. The molecule has 19 heavy (non-hydrogen) atoms. The number of aryl methyl sites for hydroxylation is 1. The molecule has 5 heteroatoms. The van der Waals surface area contributed by atoms with Gasteiger partial charge in [0, 0.05) is 25.2 Å². The molecule has 100 valence electrons. The Morgan fingerprint density at radius 1 is 1.37 bits per heavy atom. The summed E-state index contributed by atoms with van der Waals surface area (Å²) in [5.74, 6) is 1.74. The molecule has 1 aromatic carbocycles. The molecular weight excluding hydrogens is 240 g/mol. The molecule has 0 radical (unpaired) electrons. The van der Waals surface area contributed by atoms with E-state index in [1.54, 1.807) is 6.33 Å². The molecular formula is C14H18N4O. The van der Waals surface area contributed by atoms with Gasteiger partial charge in [-0.2, -0.15) is 0 Å². The molecule has 1 heterocycles. The molecule has 0 saturated heterocycles. The lowest BCUT2D eigenvalue weighted by Gasteiger charge is -2.11. The highest BCUT2D eigenvalue weighted by molar-refractivity contribution is 5.33. The first kappa shape index (κ1) is 12.2. The molecule has 0 unspecified atom stereocenters. The summed E-state index contributed by atoms with van der Waals surface area (Å²) in [5, 5.41) is 11.4. The molecule has 0 bridgehead atoms. The predicted molar refractivity (Wildman–Crippen MR) is 71.6 cm³/mol. The van der Waals surface area contributed by atoms with Crippen molar-refractivity contribution in [3.63, 3.8) is 0 Å². The van der Waals surface area contributed by atoms with Crippen LogP contribution in [0.4, 0.5) is 0 Å². The third kappa shape index (κ3) is 3.12. The van der Waals surface area contributed by atoms with Gasteiger partial charge in [-0.25, -0.2) is 0 Å². The fraction of sp³-hybridized carbons (Fsp3) is 0.429. The summed E-state index contributed by atoms with van der Waals surface area (Å²) in [7, 11) is 1.92. The van der Waals surface area contributed by atoms with Crippen LogP contribution in [-0.4, -0.2) is 20.8 Å². The Labute approximate surface area is 112 Å². The van der Waals surface area contributed by atoms with Crippen LogP contribution in [-0.2, 0) is 20.2 Å². The highest BCUT2D eigenvalue weighted by Gasteiger charge is 2.20. The largest absolute Gasteiger partial charge is 0.485 e. The van der Waals surface area contributed by atoms with Crippen LogP contribution in [0.5, 0.6) is 5.75 Å². The molecule has 1 fully saturated rings. The Morgan fingerprint density at radius 3 is 2.95 bits per heavy atom. The predicted octanol–water partition coefficient (Wildman–Crippen LogP) is 1.65. The quantitative estimate of drug-likeness (QED) is 0.856. The molecule has 0 spiro atoms. The molecule has 1 saturated carbocycles. The van der Waals surface area contributed by atoms with E-state index in [1.807, 2.05) is 29.8 Å². The molecule has 0 amide bonds. The Bertz CT molecular complexity index is 548. The van der Waals surface area contributed by atoms with E-state index < -0.39 is 0 Å². The van der Waals surface area contributed by atoms with Gasteiger partial charge in [0.15, 0.2) is 5.82 Å². The van der Waals surface area contributed by atoms with E-state index >= 15 is 0 Å². The fourth-order valence-electron chi connectivity index (χ4n) is 1.91. The first-order valence-electron chi connectivity index (χ1n) is 6.60. The molecule has 1 N–H and O–H groups in total. The molecule has 3 rings (SSSR count). The maximum absolute atomic E-state index is 5.85. The van der Waals surface area contributed by atoms with Gasteiger partial charge in [-0.1, -0.05) is 18.2 Å². The first-order chi connectivity index (χ1) is 9.33. The van der Waals surface area contributed by atoms with Crippen LogP contribution >= 0.6 is 0 Å². The van der Waals surface area contributed by atoms with E-state index in [0.717, 1.165) is 18.1 Å². The standard InChI is InChI=1S/C14H18N4O/c1-18-10-16-17-14(18)9-19-13-5-3-2-4-11(13)8-15-12-6-7-12/h2-5,10,12,15H,6-9H2,1H3. The van der Waals surface area contributed by atoms with Gasteiger partial charge in [-0.15, -0.1) is 10.2 Å². The lowest BCUT2D eigenvalue weighted by molar-refractivity contribution is 0.287. The van der Waals surface area contributed by atoms with Gasteiger partial charge in [-0.3, -0.25) is 0 Å². The average molecular weight is 258 g/mol. The van der Waals surface area contributed by atoms with E-state index in [9.17, 15) is 0 Å². The number of hydrogen-bond donors (Lipinski definition) is 1. The second-order valence-corrected chi connectivity index (χ2v) is 4.91. The SMILES string of the molecule is Cn1cnnc1COc1ccccc1CNC1CC1. The Balaban J connectivity index is 1.64. The third-order valence-electron chi connectivity index (χ3n) is 3.29. The molecule has 0 atom stereocenters. The summed E-state index contributed by atoms with van der Waals surface area (Å²) in [5.41, 5.74) is 1.19. The summed E-state index contributed by atoms with van der Waals surface area (Å²) in [6.07, 6.45) is 4.27. The number of para-hydroxylation sites is 1. The minimum Gasteiger partial charge on any atom is -0.485 e. The molecule has 0 aliphatic heterocycles. The van der Waals surface area contributed by atoms with Gasteiger partial charge in [0.2, 0.25) is 0 Å². The van der Waals surface area contributed by atoms with Gasteiger partial charge in [0.25, 0.3) is 0 Å². The van der Waals surface area contributed by atoms with Crippen LogP contribution in [0.25, 0.3) is 0 Å². The maximum atomic E-state index is 5.85. The molecule has 1 aromatic heterocycles. The van der Waals surface area contributed by atoms with Crippen molar-refractivity contribution < 1.29 is 4.74 Å². The zero-order chi connectivity index (χ0) is 13.1. The Kier molecular flexibility index (Phi) is 3.46. The zero-order valence-electron chi connectivity index (χ0n) is 11.0.